The summed E-state index contributed by atoms with van der Waals surface area (Å²) in [4.78, 5) is 18.3. The van der Waals surface area contributed by atoms with Gasteiger partial charge in [-0.2, -0.15) is 0 Å². The van der Waals surface area contributed by atoms with Crippen LogP contribution in [0.1, 0.15) is 34.5 Å². The Kier molecular flexibility index (Phi) is 5.86. The minimum absolute atomic E-state index is 0.0346. The Labute approximate surface area is 172 Å². The first kappa shape index (κ1) is 19.5. The number of hydrogen-bond acceptors (Lipinski definition) is 3. The summed E-state index contributed by atoms with van der Waals surface area (Å²) in [6.45, 7) is 5.21. The van der Waals surface area contributed by atoms with Gasteiger partial charge in [-0.15, -0.1) is 0 Å². The topological polar surface area (TPSA) is 57.4 Å². The molecule has 2 aromatic carbocycles. The predicted molar refractivity (Wildman–Crippen MR) is 117 cm³/mol. The molecule has 0 unspecified atom stereocenters. The number of carbonyl (C=O) groups is 1. The molecule has 3 aromatic rings. The maximum atomic E-state index is 12.4. The Morgan fingerprint density at radius 1 is 1.17 bits per heavy atom. The number of aromatic amines is 1. The number of fused-ring (bicyclic) bond motifs is 1. The van der Waals surface area contributed by atoms with Crippen LogP contribution >= 0.6 is 0 Å². The van der Waals surface area contributed by atoms with Gasteiger partial charge in [0.1, 0.15) is 5.75 Å². The van der Waals surface area contributed by atoms with Crippen molar-refractivity contribution in [2.45, 2.75) is 32.2 Å². The van der Waals surface area contributed by atoms with Crippen LogP contribution in [-0.4, -0.2) is 48.6 Å². The highest BCUT2D eigenvalue weighted by molar-refractivity contribution is 5.94. The Bertz CT molecular complexity index is 972. The number of likely N-dealkylation sites (tertiary alicyclic amines) is 1. The zero-order valence-corrected chi connectivity index (χ0v) is 17.2. The third-order valence-electron chi connectivity index (χ3n) is 5.96. The average Bonchev–Trinajstić information content (AvgIpc) is 3.08. The van der Waals surface area contributed by atoms with Crippen LogP contribution in [0.2, 0.25) is 0 Å². The highest BCUT2D eigenvalue weighted by Gasteiger charge is 2.21. The minimum Gasteiger partial charge on any atom is -0.497 e. The average molecular weight is 392 g/mol. The van der Waals surface area contributed by atoms with Gasteiger partial charge in [0.2, 0.25) is 0 Å². The number of carbonyl (C=O) groups excluding carboxylic acids is 1. The van der Waals surface area contributed by atoms with E-state index in [1.54, 1.807) is 7.11 Å². The molecule has 152 valence electrons. The Balaban J connectivity index is 1.31. The first-order valence-electron chi connectivity index (χ1n) is 10.4. The number of nitrogens with one attached hydrogen (secondary N) is 2. The number of ether oxygens (including phenoxy) is 1. The molecule has 1 aliphatic heterocycles. The number of aryl methyl sites for hydroxylation is 1. The molecule has 0 radical (unpaired) electrons. The first-order valence-corrected chi connectivity index (χ1v) is 10.4. The molecule has 1 amide bonds. The number of aromatic nitrogens is 1. The summed E-state index contributed by atoms with van der Waals surface area (Å²) in [5.74, 6) is 0.931. The van der Waals surface area contributed by atoms with Gasteiger partial charge in [-0.25, -0.2) is 0 Å². The summed E-state index contributed by atoms with van der Waals surface area (Å²) in [5.41, 5.74) is 4.51. The fourth-order valence-corrected chi connectivity index (χ4v) is 4.24. The smallest absolute Gasteiger partial charge is 0.251 e. The van der Waals surface area contributed by atoms with E-state index >= 15 is 0 Å². The second-order valence-corrected chi connectivity index (χ2v) is 7.85. The van der Waals surface area contributed by atoms with Gasteiger partial charge in [0.25, 0.3) is 5.91 Å². The molecule has 2 heterocycles. The number of H-pyrrole nitrogens is 1. The zero-order valence-electron chi connectivity index (χ0n) is 17.2. The van der Waals surface area contributed by atoms with Gasteiger partial charge >= 0.3 is 0 Å². The van der Waals surface area contributed by atoms with Crippen molar-refractivity contribution < 1.29 is 9.53 Å². The maximum Gasteiger partial charge on any atom is 0.251 e. The highest BCUT2D eigenvalue weighted by Crippen LogP contribution is 2.27. The number of benzene rings is 2. The van der Waals surface area contributed by atoms with Gasteiger partial charge in [-0.3, -0.25) is 4.79 Å². The van der Waals surface area contributed by atoms with Crippen molar-refractivity contribution in [1.29, 1.82) is 0 Å². The molecule has 5 nitrogen and oxygen atoms in total. The third kappa shape index (κ3) is 4.46. The van der Waals surface area contributed by atoms with Crippen LogP contribution in [0.15, 0.2) is 48.5 Å². The first-order chi connectivity index (χ1) is 14.1. The van der Waals surface area contributed by atoms with Crippen molar-refractivity contribution in [3.05, 3.63) is 65.4 Å². The molecule has 1 aromatic heterocycles. The van der Waals surface area contributed by atoms with Crippen molar-refractivity contribution in [2.75, 3.05) is 26.7 Å². The van der Waals surface area contributed by atoms with Gasteiger partial charge in [0.05, 0.1) is 7.11 Å². The standard InChI is InChI=1S/C24H29N3O2/c1-17-21(22-16-20(29-2)8-9-23(22)25-17)12-15-27-13-10-19(11-14-27)26-24(28)18-6-4-3-5-7-18/h3-9,16,19,25H,10-15H2,1-2H3,(H,26,28). The van der Waals surface area contributed by atoms with Crippen LogP contribution in [0.5, 0.6) is 5.75 Å². The predicted octanol–water partition coefficient (Wildman–Crippen LogP) is 3.92. The molecule has 2 N–H and O–H groups in total. The largest absolute Gasteiger partial charge is 0.497 e. The third-order valence-corrected chi connectivity index (χ3v) is 5.96. The van der Waals surface area contributed by atoms with Crippen molar-refractivity contribution >= 4 is 16.8 Å². The van der Waals surface area contributed by atoms with Gasteiger partial charge < -0.3 is 19.9 Å². The highest BCUT2D eigenvalue weighted by atomic mass is 16.5. The van der Waals surface area contributed by atoms with Crippen LogP contribution < -0.4 is 10.1 Å². The van der Waals surface area contributed by atoms with Crippen molar-refractivity contribution in [1.82, 2.24) is 15.2 Å². The zero-order chi connectivity index (χ0) is 20.2. The van der Waals surface area contributed by atoms with Crippen LogP contribution in [0.3, 0.4) is 0 Å². The fraction of sp³-hybridized carbons (Fsp3) is 0.375. The number of amides is 1. The minimum atomic E-state index is 0.0346. The number of nitrogens with zero attached hydrogens (tertiary/aromatic N) is 1. The molecule has 0 atom stereocenters. The summed E-state index contributed by atoms with van der Waals surface area (Å²) in [6, 6.07) is 15.9. The molecule has 1 fully saturated rings. The number of methoxy groups -OCH3 is 1. The Hall–Kier alpha value is -2.79. The van der Waals surface area contributed by atoms with E-state index in [0.717, 1.165) is 50.2 Å². The Morgan fingerprint density at radius 2 is 1.93 bits per heavy atom. The second kappa shape index (κ2) is 8.70. The van der Waals surface area contributed by atoms with Crippen LogP contribution in [0.25, 0.3) is 10.9 Å². The molecule has 29 heavy (non-hydrogen) atoms. The van der Waals surface area contributed by atoms with Crippen molar-refractivity contribution in [3.8, 4) is 5.75 Å². The number of rotatable bonds is 6. The summed E-state index contributed by atoms with van der Waals surface area (Å²) < 4.78 is 5.40. The van der Waals surface area contributed by atoms with Gasteiger partial charge in [0, 0.05) is 47.8 Å². The second-order valence-electron chi connectivity index (χ2n) is 7.85. The molecule has 0 spiro atoms. The van der Waals surface area contributed by atoms with E-state index in [4.69, 9.17) is 4.74 Å². The summed E-state index contributed by atoms with van der Waals surface area (Å²) in [7, 11) is 1.71. The van der Waals surface area contributed by atoms with Crippen LogP contribution in [0, 0.1) is 6.92 Å². The molecule has 0 bridgehead atoms. The van der Waals surface area contributed by atoms with E-state index in [2.05, 4.69) is 34.3 Å². The van der Waals surface area contributed by atoms with E-state index in [-0.39, 0.29) is 11.9 Å². The normalized spacial score (nSPS) is 15.5. The summed E-state index contributed by atoms with van der Waals surface area (Å²) in [5, 5.41) is 4.44. The van der Waals surface area contributed by atoms with E-state index in [0.29, 0.717) is 0 Å². The lowest BCUT2D eigenvalue weighted by Gasteiger charge is -2.32. The van der Waals surface area contributed by atoms with Gasteiger partial charge in [0.15, 0.2) is 0 Å². The molecule has 1 saturated heterocycles. The molecule has 0 aliphatic carbocycles. The molecule has 5 heteroatoms. The lowest BCUT2D eigenvalue weighted by Crippen LogP contribution is -2.45. The number of hydrogen-bond donors (Lipinski definition) is 2. The van der Waals surface area contributed by atoms with E-state index < -0.39 is 0 Å². The van der Waals surface area contributed by atoms with Crippen LogP contribution in [-0.2, 0) is 6.42 Å². The molecule has 0 saturated carbocycles. The van der Waals surface area contributed by atoms with E-state index in [1.807, 2.05) is 36.4 Å². The lowest BCUT2D eigenvalue weighted by molar-refractivity contribution is 0.0911. The lowest BCUT2D eigenvalue weighted by atomic mass is 10.0. The van der Waals surface area contributed by atoms with Crippen molar-refractivity contribution in [2.24, 2.45) is 0 Å². The van der Waals surface area contributed by atoms with Crippen LogP contribution in [0.4, 0.5) is 0 Å². The summed E-state index contributed by atoms with van der Waals surface area (Å²) >= 11 is 0. The van der Waals surface area contributed by atoms with Gasteiger partial charge in [-0.1, -0.05) is 18.2 Å². The fourth-order valence-electron chi connectivity index (χ4n) is 4.24. The van der Waals surface area contributed by atoms with E-state index in [1.165, 1.54) is 22.2 Å². The quantitative estimate of drug-likeness (QED) is 0.670. The van der Waals surface area contributed by atoms with Crippen molar-refractivity contribution in [3.63, 3.8) is 0 Å². The molecular formula is C24H29N3O2. The summed E-state index contributed by atoms with van der Waals surface area (Å²) in [6.07, 6.45) is 3.01. The molecule has 4 rings (SSSR count). The number of piperidine rings is 1. The Morgan fingerprint density at radius 3 is 2.66 bits per heavy atom. The SMILES string of the molecule is COc1ccc2[nH]c(C)c(CCN3CCC(NC(=O)c4ccccc4)CC3)c2c1. The van der Waals surface area contributed by atoms with Gasteiger partial charge in [-0.05, 0) is 62.1 Å². The molecule has 1 aliphatic rings. The maximum absolute atomic E-state index is 12.4. The molecular weight excluding hydrogens is 362 g/mol. The monoisotopic (exact) mass is 391 g/mol. The van der Waals surface area contributed by atoms with E-state index in [9.17, 15) is 4.79 Å².